The number of rotatable bonds is 12. The molecule has 0 N–H and O–H groups in total. The summed E-state index contributed by atoms with van der Waals surface area (Å²) in [5.41, 5.74) is 0.0737. The summed E-state index contributed by atoms with van der Waals surface area (Å²) >= 11 is 0. The molecule has 0 unspecified atom stereocenters. The Morgan fingerprint density at radius 2 is 1.57 bits per heavy atom. The van der Waals surface area contributed by atoms with Crippen molar-refractivity contribution < 1.29 is 19.2 Å². The first-order valence-corrected chi connectivity index (χ1v) is 8.07. The normalized spacial score (nSPS) is 10.3. The van der Waals surface area contributed by atoms with Crippen LogP contribution in [0.5, 0.6) is 5.75 Å². The van der Waals surface area contributed by atoms with Crippen molar-refractivity contribution in [2.24, 2.45) is 0 Å². The average molecular weight is 323 g/mol. The van der Waals surface area contributed by atoms with Gasteiger partial charge in [0.15, 0.2) is 0 Å². The van der Waals surface area contributed by atoms with Gasteiger partial charge in [-0.1, -0.05) is 32.1 Å². The predicted molar refractivity (Wildman–Crippen MR) is 87.5 cm³/mol. The molecule has 6 heteroatoms. The number of carbonyl (C=O) groups excluding carboxylic acids is 1. The highest BCUT2D eigenvalue weighted by Gasteiger charge is 2.04. The van der Waals surface area contributed by atoms with Gasteiger partial charge in [-0.3, -0.25) is 14.9 Å². The third-order valence-corrected chi connectivity index (χ3v) is 3.57. The van der Waals surface area contributed by atoms with Gasteiger partial charge in [-0.15, -0.1) is 0 Å². The maximum atomic E-state index is 10.9. The Balaban J connectivity index is 1.95. The molecule has 1 aromatic rings. The van der Waals surface area contributed by atoms with Crippen molar-refractivity contribution in [2.45, 2.75) is 51.4 Å². The molecule has 0 aliphatic heterocycles. The summed E-state index contributed by atoms with van der Waals surface area (Å²) in [6.45, 7) is 0.625. The number of benzene rings is 1. The van der Waals surface area contributed by atoms with Crippen molar-refractivity contribution in [3.63, 3.8) is 0 Å². The Morgan fingerprint density at radius 1 is 1.00 bits per heavy atom. The zero-order chi connectivity index (χ0) is 16.9. The van der Waals surface area contributed by atoms with E-state index >= 15 is 0 Å². The molecule has 0 fully saturated rings. The van der Waals surface area contributed by atoms with Crippen LogP contribution in [0.2, 0.25) is 0 Å². The lowest BCUT2D eigenvalue weighted by Gasteiger charge is -2.06. The van der Waals surface area contributed by atoms with E-state index in [1.165, 1.54) is 25.7 Å². The Bertz CT molecular complexity index is 472. The van der Waals surface area contributed by atoms with Crippen molar-refractivity contribution in [1.29, 1.82) is 0 Å². The van der Waals surface area contributed by atoms with Gasteiger partial charge in [-0.25, -0.2) is 0 Å². The van der Waals surface area contributed by atoms with Crippen molar-refractivity contribution in [3.8, 4) is 5.75 Å². The average Bonchev–Trinajstić information content (AvgIpc) is 2.56. The first-order chi connectivity index (χ1) is 11.1. The van der Waals surface area contributed by atoms with Gasteiger partial charge in [-0.05, 0) is 25.0 Å². The number of non-ortho nitro benzene ring substituents is 1. The van der Waals surface area contributed by atoms with Crippen LogP contribution in [0, 0.1) is 10.1 Å². The number of nitro benzene ring substituents is 1. The summed E-state index contributed by atoms with van der Waals surface area (Å²) in [7, 11) is 1.42. The van der Waals surface area contributed by atoms with Gasteiger partial charge in [0.25, 0.3) is 5.69 Å². The number of unbranched alkanes of at least 4 members (excludes halogenated alkanes) is 6. The topological polar surface area (TPSA) is 78.7 Å². The van der Waals surface area contributed by atoms with Crippen LogP contribution in [-0.2, 0) is 9.53 Å². The Labute approximate surface area is 136 Å². The highest BCUT2D eigenvalue weighted by Crippen LogP contribution is 2.17. The van der Waals surface area contributed by atoms with Crippen molar-refractivity contribution in [3.05, 3.63) is 34.4 Å². The fourth-order valence-corrected chi connectivity index (χ4v) is 2.21. The molecule has 0 aliphatic carbocycles. The lowest BCUT2D eigenvalue weighted by molar-refractivity contribution is -0.384. The number of ether oxygens (including phenoxy) is 2. The molecule has 23 heavy (non-hydrogen) atoms. The number of hydrogen-bond donors (Lipinski definition) is 0. The van der Waals surface area contributed by atoms with Crippen molar-refractivity contribution >= 4 is 11.7 Å². The maximum absolute atomic E-state index is 10.9. The van der Waals surface area contributed by atoms with Crippen LogP contribution in [0.3, 0.4) is 0 Å². The Hall–Kier alpha value is -2.11. The molecular weight excluding hydrogens is 298 g/mol. The molecule has 1 rings (SSSR count). The summed E-state index contributed by atoms with van der Waals surface area (Å²) in [6, 6.07) is 6.15. The van der Waals surface area contributed by atoms with Crippen LogP contribution in [0.4, 0.5) is 5.69 Å². The zero-order valence-electron chi connectivity index (χ0n) is 13.7. The van der Waals surface area contributed by atoms with Crippen LogP contribution in [0.1, 0.15) is 51.4 Å². The second-order valence-corrected chi connectivity index (χ2v) is 5.40. The highest BCUT2D eigenvalue weighted by molar-refractivity contribution is 5.68. The van der Waals surface area contributed by atoms with E-state index in [1.54, 1.807) is 12.1 Å². The van der Waals surface area contributed by atoms with Crippen molar-refractivity contribution in [1.82, 2.24) is 0 Å². The van der Waals surface area contributed by atoms with Gasteiger partial charge in [0, 0.05) is 18.6 Å². The molecule has 0 saturated heterocycles. The van der Waals surface area contributed by atoms with Gasteiger partial charge in [-0.2, -0.15) is 0 Å². The SMILES string of the molecule is COC(=O)CCCCCCCCCOc1ccc([N+](=O)[O-])cc1. The Morgan fingerprint density at radius 3 is 2.13 bits per heavy atom. The van der Waals surface area contributed by atoms with E-state index < -0.39 is 4.92 Å². The molecule has 0 spiro atoms. The minimum absolute atomic E-state index is 0.0737. The third-order valence-electron chi connectivity index (χ3n) is 3.57. The largest absolute Gasteiger partial charge is 0.494 e. The van der Waals surface area contributed by atoms with E-state index in [9.17, 15) is 14.9 Å². The third kappa shape index (κ3) is 8.80. The van der Waals surface area contributed by atoms with Gasteiger partial charge in [0.2, 0.25) is 0 Å². The first-order valence-electron chi connectivity index (χ1n) is 8.07. The molecular formula is C17H25NO5. The molecule has 0 aliphatic rings. The molecule has 0 atom stereocenters. The Kier molecular flexibility index (Phi) is 9.43. The number of nitrogens with zero attached hydrogens (tertiary/aromatic N) is 1. The maximum Gasteiger partial charge on any atom is 0.305 e. The van der Waals surface area contributed by atoms with Crippen LogP contribution in [-0.4, -0.2) is 24.6 Å². The smallest absolute Gasteiger partial charge is 0.305 e. The standard InChI is InChI=1S/C17H25NO5/c1-22-17(19)9-7-5-3-2-4-6-8-14-23-16-12-10-15(11-13-16)18(20)21/h10-13H,2-9,14H2,1H3. The lowest BCUT2D eigenvalue weighted by Crippen LogP contribution is -1.99. The quantitative estimate of drug-likeness (QED) is 0.248. The molecule has 6 nitrogen and oxygen atoms in total. The van der Waals surface area contributed by atoms with Gasteiger partial charge in [0.05, 0.1) is 18.6 Å². The molecule has 0 heterocycles. The number of esters is 1. The van der Waals surface area contributed by atoms with Gasteiger partial charge >= 0.3 is 5.97 Å². The number of methoxy groups -OCH3 is 1. The molecule has 0 radical (unpaired) electrons. The van der Waals surface area contributed by atoms with Gasteiger partial charge in [0.1, 0.15) is 5.75 Å². The summed E-state index contributed by atoms with van der Waals surface area (Å²) in [6.07, 6.45) is 8.01. The fraction of sp³-hybridized carbons (Fsp3) is 0.588. The number of hydrogen-bond acceptors (Lipinski definition) is 5. The minimum atomic E-state index is -0.422. The van der Waals surface area contributed by atoms with Crippen LogP contribution in [0.15, 0.2) is 24.3 Å². The molecule has 0 bridgehead atoms. The second-order valence-electron chi connectivity index (χ2n) is 5.40. The molecule has 0 aromatic heterocycles. The van der Waals surface area contributed by atoms with E-state index in [1.807, 2.05) is 0 Å². The lowest BCUT2D eigenvalue weighted by atomic mass is 10.1. The monoisotopic (exact) mass is 323 g/mol. The second kappa shape index (κ2) is 11.5. The molecule has 128 valence electrons. The van der Waals surface area contributed by atoms with E-state index in [0.29, 0.717) is 18.8 Å². The van der Waals surface area contributed by atoms with Crippen LogP contribution in [0.25, 0.3) is 0 Å². The summed E-state index contributed by atoms with van der Waals surface area (Å²) in [5.74, 6) is 0.534. The highest BCUT2D eigenvalue weighted by atomic mass is 16.6. The van der Waals surface area contributed by atoms with Crippen molar-refractivity contribution in [2.75, 3.05) is 13.7 Å². The van der Waals surface area contributed by atoms with Crippen LogP contribution < -0.4 is 4.74 Å². The zero-order valence-corrected chi connectivity index (χ0v) is 13.7. The molecule has 1 aromatic carbocycles. The summed E-state index contributed by atoms with van der Waals surface area (Å²) in [4.78, 5) is 21.0. The van der Waals surface area contributed by atoms with E-state index in [0.717, 1.165) is 38.5 Å². The summed E-state index contributed by atoms with van der Waals surface area (Å²) < 4.78 is 10.1. The van der Waals surface area contributed by atoms with E-state index in [-0.39, 0.29) is 11.7 Å². The molecule has 0 amide bonds. The van der Waals surface area contributed by atoms with E-state index in [2.05, 4.69) is 4.74 Å². The van der Waals surface area contributed by atoms with Gasteiger partial charge < -0.3 is 9.47 Å². The molecule has 0 saturated carbocycles. The summed E-state index contributed by atoms with van der Waals surface area (Å²) in [5, 5.41) is 10.5. The first kappa shape index (κ1) is 18.9. The predicted octanol–water partition coefficient (Wildman–Crippen LogP) is 4.27. The minimum Gasteiger partial charge on any atom is -0.494 e. The number of nitro groups is 1. The van der Waals surface area contributed by atoms with Crippen LogP contribution >= 0.6 is 0 Å². The number of carbonyl (C=O) groups is 1. The fourth-order valence-electron chi connectivity index (χ4n) is 2.21. The van der Waals surface area contributed by atoms with E-state index in [4.69, 9.17) is 4.74 Å².